The van der Waals surface area contributed by atoms with Crippen molar-refractivity contribution in [3.8, 4) is 10.8 Å². The molecule has 0 saturated carbocycles. The maximum Gasteiger partial charge on any atom is 0.257 e. The molecule has 0 radical (unpaired) electrons. The minimum Gasteiger partial charge on any atom is -0.418 e. The minimum atomic E-state index is -0.167. The highest BCUT2D eigenvalue weighted by molar-refractivity contribution is 7.13. The summed E-state index contributed by atoms with van der Waals surface area (Å²) in [5.41, 5.74) is 2.97. The van der Waals surface area contributed by atoms with Crippen LogP contribution in [0.5, 0.6) is 0 Å². The van der Waals surface area contributed by atoms with Gasteiger partial charge >= 0.3 is 0 Å². The Kier molecular flexibility index (Phi) is 5.49. The molecule has 0 aliphatic carbocycles. The fourth-order valence-corrected chi connectivity index (χ4v) is 3.29. The number of para-hydroxylation sites is 1. The molecule has 1 atom stereocenters. The number of aromatic nitrogens is 2. The molecule has 0 saturated heterocycles. The van der Waals surface area contributed by atoms with Crippen LogP contribution in [-0.4, -0.2) is 34.6 Å². The van der Waals surface area contributed by atoms with E-state index < -0.39 is 0 Å². The van der Waals surface area contributed by atoms with Crippen molar-refractivity contribution in [3.05, 3.63) is 52.7 Å². The van der Waals surface area contributed by atoms with E-state index in [9.17, 15) is 4.79 Å². The number of anilines is 1. The fraction of sp³-hybridized carbons (Fsp3) is 0.316. The molecule has 0 bridgehead atoms. The van der Waals surface area contributed by atoms with Crippen LogP contribution in [0.2, 0.25) is 0 Å². The number of aryl methyl sites for hydroxylation is 2. The molecule has 136 valence electrons. The monoisotopic (exact) mass is 370 g/mol. The average molecular weight is 370 g/mol. The van der Waals surface area contributed by atoms with Gasteiger partial charge in [0.25, 0.3) is 5.89 Å². The van der Waals surface area contributed by atoms with E-state index in [1.54, 1.807) is 11.3 Å². The van der Waals surface area contributed by atoms with Crippen molar-refractivity contribution >= 4 is 22.9 Å². The lowest BCUT2D eigenvalue weighted by Crippen LogP contribution is -2.32. The van der Waals surface area contributed by atoms with Gasteiger partial charge in [0.05, 0.1) is 17.5 Å². The maximum atomic E-state index is 12.4. The Morgan fingerprint density at radius 1 is 1.23 bits per heavy atom. The van der Waals surface area contributed by atoms with E-state index in [2.05, 4.69) is 15.5 Å². The standard InChI is InChI=1S/C19H22N4O2S/c1-12-7-5-8-13(2)17(12)20-16(24)11-23(4)14(3)18-21-22-19(25-18)15-9-6-10-26-15/h5-10,14H,11H2,1-4H3,(H,20,24)/t14-/m1/s1. The molecule has 1 amide bonds. The first-order valence-corrected chi connectivity index (χ1v) is 9.27. The Labute approximate surface area is 156 Å². The molecule has 1 aromatic carbocycles. The van der Waals surface area contributed by atoms with E-state index in [0.29, 0.717) is 11.8 Å². The lowest BCUT2D eigenvalue weighted by molar-refractivity contribution is -0.117. The van der Waals surface area contributed by atoms with Crippen LogP contribution in [0.1, 0.15) is 30.0 Å². The molecule has 2 heterocycles. The number of hydrogen-bond acceptors (Lipinski definition) is 6. The molecule has 1 N–H and O–H groups in total. The molecular weight excluding hydrogens is 348 g/mol. The van der Waals surface area contributed by atoms with Gasteiger partial charge in [-0.25, -0.2) is 0 Å². The minimum absolute atomic E-state index is 0.0743. The molecular formula is C19H22N4O2S. The van der Waals surface area contributed by atoms with Gasteiger partial charge in [-0.3, -0.25) is 9.69 Å². The van der Waals surface area contributed by atoms with Crippen molar-refractivity contribution in [3.63, 3.8) is 0 Å². The summed E-state index contributed by atoms with van der Waals surface area (Å²) in [6.45, 7) is 6.14. The SMILES string of the molecule is Cc1cccc(C)c1NC(=O)CN(C)[C@H](C)c1nnc(-c2cccs2)o1. The van der Waals surface area contributed by atoms with Gasteiger partial charge in [-0.2, -0.15) is 0 Å². The van der Waals surface area contributed by atoms with Gasteiger partial charge < -0.3 is 9.73 Å². The molecule has 0 unspecified atom stereocenters. The lowest BCUT2D eigenvalue weighted by atomic mass is 10.1. The van der Waals surface area contributed by atoms with Gasteiger partial charge in [0.2, 0.25) is 11.8 Å². The number of carbonyl (C=O) groups is 1. The van der Waals surface area contributed by atoms with E-state index in [4.69, 9.17) is 4.42 Å². The quantitative estimate of drug-likeness (QED) is 0.709. The van der Waals surface area contributed by atoms with Gasteiger partial charge in [-0.05, 0) is 50.4 Å². The van der Waals surface area contributed by atoms with Crippen molar-refractivity contribution in [2.45, 2.75) is 26.8 Å². The van der Waals surface area contributed by atoms with E-state index in [1.165, 1.54) is 0 Å². The molecule has 3 rings (SSSR count). The maximum absolute atomic E-state index is 12.4. The number of nitrogens with one attached hydrogen (secondary N) is 1. The third-order valence-electron chi connectivity index (χ3n) is 4.33. The van der Waals surface area contributed by atoms with Gasteiger partial charge in [0, 0.05) is 5.69 Å². The third-order valence-corrected chi connectivity index (χ3v) is 5.19. The summed E-state index contributed by atoms with van der Waals surface area (Å²) in [7, 11) is 1.87. The highest BCUT2D eigenvalue weighted by Crippen LogP contribution is 2.26. The number of thiophene rings is 1. The van der Waals surface area contributed by atoms with Crippen LogP contribution >= 0.6 is 11.3 Å². The molecule has 26 heavy (non-hydrogen) atoms. The van der Waals surface area contributed by atoms with Gasteiger partial charge in [-0.1, -0.05) is 24.3 Å². The molecule has 2 aromatic heterocycles. The predicted molar refractivity (Wildman–Crippen MR) is 103 cm³/mol. The van der Waals surface area contributed by atoms with Crippen molar-refractivity contribution in [2.75, 3.05) is 18.9 Å². The number of benzene rings is 1. The largest absolute Gasteiger partial charge is 0.418 e. The molecule has 7 heteroatoms. The average Bonchev–Trinajstić information content (AvgIpc) is 3.28. The lowest BCUT2D eigenvalue weighted by Gasteiger charge is -2.21. The number of likely N-dealkylation sites (N-methyl/N-ethyl adjacent to an activating group) is 1. The van der Waals surface area contributed by atoms with Gasteiger partial charge in [-0.15, -0.1) is 21.5 Å². The zero-order chi connectivity index (χ0) is 18.7. The summed E-state index contributed by atoms with van der Waals surface area (Å²) in [5, 5.41) is 13.2. The highest BCUT2D eigenvalue weighted by atomic mass is 32.1. The van der Waals surface area contributed by atoms with Crippen LogP contribution in [0.25, 0.3) is 10.8 Å². The molecule has 0 aliphatic rings. The molecule has 3 aromatic rings. The number of amides is 1. The van der Waals surface area contributed by atoms with E-state index in [-0.39, 0.29) is 18.5 Å². The zero-order valence-electron chi connectivity index (χ0n) is 15.3. The summed E-state index contributed by atoms with van der Waals surface area (Å²) in [6, 6.07) is 9.67. The first-order chi connectivity index (χ1) is 12.5. The van der Waals surface area contributed by atoms with Crippen molar-refractivity contribution in [1.82, 2.24) is 15.1 Å². The first kappa shape index (κ1) is 18.3. The van der Waals surface area contributed by atoms with E-state index >= 15 is 0 Å². The second-order valence-corrected chi connectivity index (χ2v) is 7.28. The fourth-order valence-electron chi connectivity index (χ4n) is 2.65. The van der Waals surface area contributed by atoms with Crippen LogP contribution in [0, 0.1) is 13.8 Å². The highest BCUT2D eigenvalue weighted by Gasteiger charge is 2.21. The van der Waals surface area contributed by atoms with Crippen LogP contribution in [0.15, 0.2) is 40.1 Å². The predicted octanol–water partition coefficient (Wildman–Crippen LogP) is 4.05. The van der Waals surface area contributed by atoms with Crippen LogP contribution in [0.4, 0.5) is 5.69 Å². The summed E-state index contributed by atoms with van der Waals surface area (Å²) < 4.78 is 5.76. The van der Waals surface area contributed by atoms with Crippen molar-refractivity contribution in [1.29, 1.82) is 0 Å². The van der Waals surface area contributed by atoms with Gasteiger partial charge in [0.1, 0.15) is 0 Å². The van der Waals surface area contributed by atoms with Crippen molar-refractivity contribution in [2.24, 2.45) is 0 Å². The normalized spacial score (nSPS) is 12.3. The molecule has 0 aliphatic heterocycles. The Morgan fingerprint density at radius 3 is 2.62 bits per heavy atom. The number of rotatable bonds is 6. The Balaban J connectivity index is 1.64. The zero-order valence-corrected chi connectivity index (χ0v) is 16.1. The van der Waals surface area contributed by atoms with E-state index in [0.717, 1.165) is 21.7 Å². The second-order valence-electron chi connectivity index (χ2n) is 6.33. The number of carbonyl (C=O) groups excluding carboxylic acids is 1. The Morgan fingerprint density at radius 2 is 1.96 bits per heavy atom. The van der Waals surface area contributed by atoms with Crippen LogP contribution in [0.3, 0.4) is 0 Å². The molecule has 6 nitrogen and oxygen atoms in total. The second kappa shape index (κ2) is 7.80. The number of hydrogen-bond donors (Lipinski definition) is 1. The van der Waals surface area contributed by atoms with E-state index in [1.807, 2.05) is 68.4 Å². The Bertz CT molecular complexity index is 869. The third kappa shape index (κ3) is 4.00. The van der Waals surface area contributed by atoms with Crippen LogP contribution in [-0.2, 0) is 4.79 Å². The molecule has 0 spiro atoms. The topological polar surface area (TPSA) is 71.3 Å². The summed E-state index contributed by atoms with van der Waals surface area (Å²) in [6.07, 6.45) is 0. The summed E-state index contributed by atoms with van der Waals surface area (Å²) in [4.78, 5) is 15.3. The molecule has 0 fully saturated rings. The van der Waals surface area contributed by atoms with Gasteiger partial charge in [0.15, 0.2) is 0 Å². The van der Waals surface area contributed by atoms with Crippen molar-refractivity contribution < 1.29 is 9.21 Å². The summed E-state index contributed by atoms with van der Waals surface area (Å²) in [5.74, 6) is 0.931. The summed E-state index contributed by atoms with van der Waals surface area (Å²) >= 11 is 1.55. The smallest absolute Gasteiger partial charge is 0.257 e. The number of nitrogens with zero attached hydrogens (tertiary/aromatic N) is 3. The van der Waals surface area contributed by atoms with Crippen LogP contribution < -0.4 is 5.32 Å². The first-order valence-electron chi connectivity index (χ1n) is 8.39. The Hall–Kier alpha value is -2.51.